The maximum atomic E-state index is 12.6. The average Bonchev–Trinajstić information content (AvgIpc) is 3.19. The molecule has 29 heavy (non-hydrogen) atoms. The molecule has 1 unspecified atom stereocenters. The SMILES string of the molecule is CN1CCNCC1c1noc(-c2ccccc2NC(=O)c2ccc(Cl)cc2)n1.Cl. The van der Waals surface area contributed by atoms with Gasteiger partial charge < -0.3 is 15.2 Å². The standard InChI is InChI=1S/C20H20ClN5O2.ClH/c1-26-11-10-22-12-17(26)18-24-20(28-25-18)15-4-2-3-5-16(15)23-19(27)13-6-8-14(21)9-7-13;/h2-9,17,22H,10-12H2,1H3,(H,23,27);1H. The highest BCUT2D eigenvalue weighted by Crippen LogP contribution is 2.29. The number of aromatic nitrogens is 2. The Morgan fingerprint density at radius 1 is 1.24 bits per heavy atom. The molecule has 0 aliphatic carbocycles. The first-order valence-electron chi connectivity index (χ1n) is 9.03. The lowest BCUT2D eigenvalue weighted by Gasteiger charge is -2.30. The second-order valence-corrected chi connectivity index (χ2v) is 7.10. The van der Waals surface area contributed by atoms with E-state index in [-0.39, 0.29) is 24.4 Å². The fourth-order valence-corrected chi connectivity index (χ4v) is 3.27. The molecule has 0 bridgehead atoms. The number of nitrogens with one attached hydrogen (secondary N) is 2. The number of amides is 1. The number of hydrogen-bond acceptors (Lipinski definition) is 6. The van der Waals surface area contributed by atoms with Crippen molar-refractivity contribution in [1.29, 1.82) is 0 Å². The van der Waals surface area contributed by atoms with Crippen molar-refractivity contribution in [3.63, 3.8) is 0 Å². The van der Waals surface area contributed by atoms with Crippen molar-refractivity contribution in [3.8, 4) is 11.5 Å². The van der Waals surface area contributed by atoms with Crippen LogP contribution in [0.4, 0.5) is 5.69 Å². The Labute approximate surface area is 179 Å². The van der Waals surface area contributed by atoms with Crippen LogP contribution >= 0.6 is 24.0 Å². The van der Waals surface area contributed by atoms with Crippen molar-refractivity contribution in [1.82, 2.24) is 20.4 Å². The fraction of sp³-hybridized carbons (Fsp3) is 0.250. The fourth-order valence-electron chi connectivity index (χ4n) is 3.15. The van der Waals surface area contributed by atoms with Crippen molar-refractivity contribution in [2.75, 3.05) is 32.0 Å². The van der Waals surface area contributed by atoms with Crippen LogP contribution < -0.4 is 10.6 Å². The van der Waals surface area contributed by atoms with Gasteiger partial charge in [-0.05, 0) is 43.4 Å². The molecule has 152 valence electrons. The number of para-hydroxylation sites is 1. The number of likely N-dealkylation sites (N-methyl/N-ethyl adjacent to an activating group) is 1. The zero-order chi connectivity index (χ0) is 19.5. The lowest BCUT2D eigenvalue weighted by Crippen LogP contribution is -2.44. The first kappa shape index (κ1) is 21.3. The van der Waals surface area contributed by atoms with Gasteiger partial charge in [0, 0.05) is 30.2 Å². The molecule has 0 radical (unpaired) electrons. The Hall–Kier alpha value is -2.45. The Balaban J connectivity index is 0.00000240. The van der Waals surface area contributed by atoms with E-state index in [1.807, 2.05) is 25.2 Å². The first-order valence-corrected chi connectivity index (χ1v) is 9.40. The molecule has 1 atom stereocenters. The van der Waals surface area contributed by atoms with Gasteiger partial charge >= 0.3 is 0 Å². The predicted octanol–water partition coefficient (Wildman–Crippen LogP) is 3.64. The minimum atomic E-state index is -0.236. The summed E-state index contributed by atoms with van der Waals surface area (Å²) in [5.41, 5.74) is 1.79. The third-order valence-electron chi connectivity index (χ3n) is 4.76. The van der Waals surface area contributed by atoms with Crippen LogP contribution in [-0.4, -0.2) is 47.6 Å². The monoisotopic (exact) mass is 433 g/mol. The maximum Gasteiger partial charge on any atom is 0.260 e. The highest BCUT2D eigenvalue weighted by atomic mass is 35.5. The van der Waals surface area contributed by atoms with Gasteiger partial charge in [0.15, 0.2) is 5.82 Å². The molecule has 4 rings (SSSR count). The van der Waals surface area contributed by atoms with Gasteiger partial charge in [-0.3, -0.25) is 9.69 Å². The molecule has 1 aliphatic rings. The van der Waals surface area contributed by atoms with E-state index in [9.17, 15) is 4.79 Å². The number of nitrogens with zero attached hydrogens (tertiary/aromatic N) is 3. The van der Waals surface area contributed by atoms with Crippen molar-refractivity contribution < 1.29 is 9.32 Å². The molecule has 1 saturated heterocycles. The molecular weight excluding hydrogens is 413 g/mol. The van der Waals surface area contributed by atoms with E-state index in [0.717, 1.165) is 19.6 Å². The van der Waals surface area contributed by atoms with Gasteiger partial charge in [-0.25, -0.2) is 0 Å². The van der Waals surface area contributed by atoms with Crippen molar-refractivity contribution in [3.05, 3.63) is 64.9 Å². The lowest BCUT2D eigenvalue weighted by atomic mass is 10.1. The molecule has 0 saturated carbocycles. The van der Waals surface area contributed by atoms with Crippen LogP contribution in [0.25, 0.3) is 11.5 Å². The zero-order valence-electron chi connectivity index (χ0n) is 15.8. The van der Waals surface area contributed by atoms with Crippen molar-refractivity contribution in [2.24, 2.45) is 0 Å². The first-order chi connectivity index (χ1) is 13.6. The zero-order valence-corrected chi connectivity index (χ0v) is 17.3. The average molecular weight is 434 g/mol. The number of halogens is 2. The topological polar surface area (TPSA) is 83.3 Å². The largest absolute Gasteiger partial charge is 0.334 e. The Bertz CT molecular complexity index is 977. The van der Waals surface area contributed by atoms with Gasteiger partial charge in [0.05, 0.1) is 17.3 Å². The second kappa shape index (κ2) is 9.37. The quantitative estimate of drug-likeness (QED) is 0.653. The smallest absolute Gasteiger partial charge is 0.260 e. The lowest BCUT2D eigenvalue weighted by molar-refractivity contribution is 0.102. The van der Waals surface area contributed by atoms with Crippen LogP contribution in [0.2, 0.25) is 5.02 Å². The van der Waals surface area contributed by atoms with Crippen molar-refractivity contribution in [2.45, 2.75) is 6.04 Å². The van der Waals surface area contributed by atoms with Crippen LogP contribution in [0.15, 0.2) is 53.1 Å². The van der Waals surface area contributed by atoms with Gasteiger partial charge in [0.2, 0.25) is 0 Å². The molecule has 2 heterocycles. The molecule has 0 spiro atoms. The van der Waals surface area contributed by atoms with Crippen LogP contribution in [0.1, 0.15) is 22.2 Å². The molecule has 2 N–H and O–H groups in total. The second-order valence-electron chi connectivity index (χ2n) is 6.66. The number of carbonyl (C=O) groups is 1. The van der Waals surface area contributed by atoms with Gasteiger partial charge in [0.1, 0.15) is 0 Å². The summed E-state index contributed by atoms with van der Waals surface area (Å²) in [5, 5.41) is 11.0. The van der Waals surface area contributed by atoms with Gasteiger partial charge in [-0.2, -0.15) is 4.98 Å². The minimum Gasteiger partial charge on any atom is -0.334 e. The minimum absolute atomic E-state index is 0. The number of piperazine rings is 1. The van der Waals surface area contributed by atoms with Gasteiger partial charge in [-0.15, -0.1) is 12.4 Å². The highest BCUT2D eigenvalue weighted by molar-refractivity contribution is 6.30. The number of anilines is 1. The van der Waals surface area contributed by atoms with Gasteiger partial charge in [-0.1, -0.05) is 28.9 Å². The van der Waals surface area contributed by atoms with E-state index in [1.54, 1.807) is 30.3 Å². The summed E-state index contributed by atoms with van der Waals surface area (Å²) < 4.78 is 5.51. The predicted molar refractivity (Wildman–Crippen MR) is 115 cm³/mol. The summed E-state index contributed by atoms with van der Waals surface area (Å²) in [6.45, 7) is 2.63. The molecule has 1 fully saturated rings. The molecular formula is C20H21Cl2N5O2. The number of rotatable bonds is 4. The van der Waals surface area contributed by atoms with E-state index >= 15 is 0 Å². The summed E-state index contributed by atoms with van der Waals surface area (Å²) in [6.07, 6.45) is 0. The Kier molecular flexibility index (Phi) is 6.87. The van der Waals surface area contributed by atoms with E-state index in [0.29, 0.717) is 33.6 Å². The summed E-state index contributed by atoms with van der Waals surface area (Å²) in [6, 6.07) is 14.1. The van der Waals surface area contributed by atoms with Gasteiger partial charge in [0.25, 0.3) is 11.8 Å². The summed E-state index contributed by atoms with van der Waals surface area (Å²) in [5.74, 6) is 0.768. The third kappa shape index (κ3) is 4.76. The number of carbonyl (C=O) groups excluding carboxylic acids is 1. The summed E-state index contributed by atoms with van der Waals surface area (Å²) in [4.78, 5) is 19.3. The molecule has 7 nitrogen and oxygen atoms in total. The van der Waals surface area contributed by atoms with E-state index < -0.39 is 0 Å². The van der Waals surface area contributed by atoms with Crippen molar-refractivity contribution >= 4 is 35.6 Å². The molecule has 1 aromatic heterocycles. The summed E-state index contributed by atoms with van der Waals surface area (Å²) in [7, 11) is 2.04. The normalized spacial score (nSPS) is 16.8. The maximum absolute atomic E-state index is 12.6. The molecule has 9 heteroatoms. The molecule has 1 aliphatic heterocycles. The Morgan fingerprint density at radius 3 is 2.76 bits per heavy atom. The number of hydrogen-bond donors (Lipinski definition) is 2. The van der Waals surface area contributed by atoms with Crippen LogP contribution in [-0.2, 0) is 0 Å². The van der Waals surface area contributed by atoms with E-state index in [4.69, 9.17) is 16.1 Å². The number of benzene rings is 2. The molecule has 3 aromatic rings. The van der Waals surface area contributed by atoms with Crippen LogP contribution in [0.5, 0.6) is 0 Å². The van der Waals surface area contributed by atoms with E-state index in [1.165, 1.54) is 0 Å². The molecule has 1 amide bonds. The Morgan fingerprint density at radius 2 is 2.00 bits per heavy atom. The van der Waals surface area contributed by atoms with E-state index in [2.05, 4.69) is 25.7 Å². The van der Waals surface area contributed by atoms with Crippen LogP contribution in [0.3, 0.4) is 0 Å². The molecule has 2 aromatic carbocycles. The van der Waals surface area contributed by atoms with Crippen LogP contribution in [0, 0.1) is 0 Å². The summed E-state index contributed by atoms with van der Waals surface area (Å²) >= 11 is 5.89. The highest BCUT2D eigenvalue weighted by Gasteiger charge is 2.26. The third-order valence-corrected chi connectivity index (χ3v) is 5.01.